The maximum absolute atomic E-state index is 12.8. The van der Waals surface area contributed by atoms with Crippen molar-refractivity contribution in [3.8, 4) is 6.07 Å². The zero-order chi connectivity index (χ0) is 26.3. The molecular weight excluding hydrogens is 484 g/mol. The average molecular weight is 513 g/mol. The van der Waals surface area contributed by atoms with Crippen molar-refractivity contribution >= 4 is 38.3 Å². The number of carboxylic acid groups (broad SMARTS) is 1. The van der Waals surface area contributed by atoms with Crippen molar-refractivity contribution in [1.82, 2.24) is 19.7 Å². The first-order valence-electron chi connectivity index (χ1n) is 11.5. The number of rotatable bonds is 5. The summed E-state index contributed by atoms with van der Waals surface area (Å²) in [6.07, 6.45) is 1.33. The Balaban J connectivity index is 1.75. The molecule has 0 spiro atoms. The molecule has 0 saturated carbocycles. The van der Waals surface area contributed by atoms with Crippen molar-refractivity contribution < 1.29 is 18.3 Å². The standard InChI is InChI=1S/C24H28N6O5S/c1-23(2,3)36(34,35)17-6-4-16(5-7-17)27-20-19-18(8-13-26-21(19)31)30(28-20)24(9-12-25)10-14-29(15-11-24)22(32)33/h4-8,13H,9-11,14-15H2,1-3H3,(H,26,31)(H,27,28)(H,32,33). The minimum atomic E-state index is -3.52. The summed E-state index contributed by atoms with van der Waals surface area (Å²) in [5.41, 5.74) is -0.0970. The van der Waals surface area contributed by atoms with Crippen molar-refractivity contribution in [2.24, 2.45) is 0 Å². The molecule has 3 aromatic rings. The predicted octanol–water partition coefficient (Wildman–Crippen LogP) is 3.42. The number of amides is 1. The molecule has 1 fully saturated rings. The van der Waals surface area contributed by atoms with Crippen molar-refractivity contribution in [2.75, 3.05) is 18.4 Å². The van der Waals surface area contributed by atoms with E-state index < -0.39 is 26.2 Å². The Morgan fingerprint density at radius 1 is 1.22 bits per heavy atom. The summed E-state index contributed by atoms with van der Waals surface area (Å²) in [6.45, 7) is 5.40. The van der Waals surface area contributed by atoms with E-state index in [0.29, 0.717) is 29.4 Å². The molecule has 3 N–H and O–H groups in total. The summed E-state index contributed by atoms with van der Waals surface area (Å²) in [6, 6.07) is 10.1. The van der Waals surface area contributed by atoms with Gasteiger partial charge in [-0.15, -0.1) is 0 Å². The predicted molar refractivity (Wildman–Crippen MR) is 134 cm³/mol. The molecule has 1 amide bonds. The van der Waals surface area contributed by atoms with Crippen LogP contribution in [0.1, 0.15) is 40.0 Å². The number of fused-ring (bicyclic) bond motifs is 1. The lowest BCUT2D eigenvalue weighted by atomic mass is 9.85. The Morgan fingerprint density at radius 3 is 2.42 bits per heavy atom. The Kier molecular flexibility index (Phi) is 6.30. The molecule has 1 saturated heterocycles. The molecule has 0 radical (unpaired) electrons. The van der Waals surface area contributed by atoms with Crippen LogP contribution in [0.4, 0.5) is 16.3 Å². The summed E-state index contributed by atoms with van der Waals surface area (Å²) < 4.78 is 26.2. The van der Waals surface area contributed by atoms with Crippen LogP contribution in [0, 0.1) is 11.3 Å². The molecular formula is C24H28N6O5S. The fourth-order valence-electron chi connectivity index (χ4n) is 4.46. The Hall–Kier alpha value is -3.85. The molecule has 2 aromatic heterocycles. The van der Waals surface area contributed by atoms with Gasteiger partial charge in [0.15, 0.2) is 15.7 Å². The molecule has 11 nitrogen and oxygen atoms in total. The second-order valence-electron chi connectivity index (χ2n) is 9.92. The number of aromatic nitrogens is 3. The molecule has 1 aliphatic rings. The van der Waals surface area contributed by atoms with E-state index in [1.807, 2.05) is 0 Å². The maximum atomic E-state index is 12.8. The smallest absolute Gasteiger partial charge is 0.407 e. The number of anilines is 2. The van der Waals surface area contributed by atoms with Gasteiger partial charge in [0.1, 0.15) is 5.39 Å². The van der Waals surface area contributed by atoms with Gasteiger partial charge in [-0.05, 0) is 63.9 Å². The fourth-order valence-corrected chi connectivity index (χ4v) is 5.66. The van der Waals surface area contributed by atoms with Crippen molar-refractivity contribution in [3.63, 3.8) is 0 Å². The summed E-state index contributed by atoms with van der Waals surface area (Å²) in [5, 5.41) is 27.0. The highest BCUT2D eigenvalue weighted by Crippen LogP contribution is 2.37. The Bertz CT molecular complexity index is 1500. The zero-order valence-electron chi connectivity index (χ0n) is 20.3. The molecule has 0 atom stereocenters. The van der Waals surface area contributed by atoms with Gasteiger partial charge < -0.3 is 20.3 Å². The molecule has 190 valence electrons. The SMILES string of the molecule is CC(C)(C)S(=O)(=O)c1ccc(Nc2nn(C3(CC#N)CCN(C(=O)O)CC3)c3cc[nH]c(=O)c23)cc1. The van der Waals surface area contributed by atoms with E-state index in [0.717, 1.165) is 0 Å². The number of H-pyrrole nitrogens is 1. The molecule has 0 aliphatic carbocycles. The van der Waals surface area contributed by atoms with Gasteiger partial charge in [-0.25, -0.2) is 13.2 Å². The van der Waals surface area contributed by atoms with Crippen LogP contribution in [-0.4, -0.2) is 57.1 Å². The lowest BCUT2D eigenvalue weighted by molar-refractivity contribution is 0.0912. The van der Waals surface area contributed by atoms with E-state index in [9.17, 15) is 28.4 Å². The van der Waals surface area contributed by atoms with Crippen LogP contribution in [0.25, 0.3) is 10.9 Å². The zero-order valence-corrected chi connectivity index (χ0v) is 21.1. The molecule has 0 unspecified atom stereocenters. The van der Waals surface area contributed by atoms with E-state index in [1.54, 1.807) is 43.7 Å². The number of hydrogen-bond acceptors (Lipinski definition) is 7. The van der Waals surface area contributed by atoms with Crippen molar-refractivity contribution in [3.05, 3.63) is 46.9 Å². The third-order valence-electron chi connectivity index (χ3n) is 6.66. The van der Waals surface area contributed by atoms with Gasteiger partial charge in [-0.1, -0.05) is 0 Å². The van der Waals surface area contributed by atoms with Crippen LogP contribution in [-0.2, 0) is 15.4 Å². The average Bonchev–Trinajstić information content (AvgIpc) is 3.19. The minimum absolute atomic E-state index is 0.100. The number of piperidine rings is 1. The molecule has 0 bridgehead atoms. The topological polar surface area (TPSA) is 161 Å². The summed E-state index contributed by atoms with van der Waals surface area (Å²) in [4.78, 5) is 28.4. The second kappa shape index (κ2) is 8.98. The largest absolute Gasteiger partial charge is 0.465 e. The van der Waals surface area contributed by atoms with Crippen LogP contribution in [0.15, 0.2) is 46.2 Å². The van der Waals surface area contributed by atoms with Crippen LogP contribution in [0.2, 0.25) is 0 Å². The number of nitrogens with one attached hydrogen (secondary N) is 2. The number of benzene rings is 1. The second-order valence-corrected chi connectivity index (χ2v) is 12.6. The van der Waals surface area contributed by atoms with Gasteiger partial charge in [-0.2, -0.15) is 10.4 Å². The number of nitriles is 1. The van der Waals surface area contributed by atoms with Crippen LogP contribution in [0.3, 0.4) is 0 Å². The molecule has 1 aliphatic heterocycles. The number of pyridine rings is 1. The van der Waals surface area contributed by atoms with Crippen molar-refractivity contribution in [2.45, 2.75) is 55.2 Å². The van der Waals surface area contributed by atoms with E-state index in [2.05, 4.69) is 16.4 Å². The van der Waals surface area contributed by atoms with Gasteiger partial charge in [0.25, 0.3) is 5.56 Å². The Labute approximate surface area is 208 Å². The Morgan fingerprint density at radius 2 is 1.86 bits per heavy atom. The summed E-state index contributed by atoms with van der Waals surface area (Å²) >= 11 is 0. The molecule has 36 heavy (non-hydrogen) atoms. The first kappa shape index (κ1) is 25.2. The minimum Gasteiger partial charge on any atom is -0.465 e. The third-order valence-corrected chi connectivity index (χ3v) is 9.16. The van der Waals surface area contributed by atoms with Gasteiger partial charge in [0.05, 0.1) is 33.2 Å². The maximum Gasteiger partial charge on any atom is 0.407 e. The summed E-state index contributed by atoms with van der Waals surface area (Å²) in [5.74, 6) is 0.260. The third kappa shape index (κ3) is 4.30. The van der Waals surface area contributed by atoms with Crippen molar-refractivity contribution in [1.29, 1.82) is 5.26 Å². The van der Waals surface area contributed by atoms with E-state index in [-0.39, 0.29) is 35.8 Å². The number of nitrogens with zero attached hydrogens (tertiary/aromatic N) is 4. The van der Waals surface area contributed by atoms with Crippen LogP contribution >= 0.6 is 0 Å². The van der Waals surface area contributed by atoms with E-state index in [1.165, 1.54) is 23.2 Å². The first-order chi connectivity index (χ1) is 16.9. The van der Waals surface area contributed by atoms with Gasteiger partial charge >= 0.3 is 6.09 Å². The highest BCUT2D eigenvalue weighted by atomic mass is 32.2. The highest BCUT2D eigenvalue weighted by Gasteiger charge is 2.40. The van der Waals surface area contributed by atoms with E-state index >= 15 is 0 Å². The van der Waals surface area contributed by atoms with Crippen LogP contribution in [0.5, 0.6) is 0 Å². The summed E-state index contributed by atoms with van der Waals surface area (Å²) in [7, 11) is -3.52. The molecule has 12 heteroatoms. The lowest BCUT2D eigenvalue weighted by Crippen LogP contribution is -2.48. The first-order valence-corrected chi connectivity index (χ1v) is 13.0. The van der Waals surface area contributed by atoms with E-state index in [4.69, 9.17) is 5.10 Å². The van der Waals surface area contributed by atoms with Gasteiger partial charge in [0.2, 0.25) is 0 Å². The number of sulfone groups is 1. The molecule has 4 rings (SSSR count). The molecule has 1 aromatic carbocycles. The molecule has 3 heterocycles. The van der Waals surface area contributed by atoms with Gasteiger partial charge in [-0.3, -0.25) is 9.48 Å². The monoisotopic (exact) mass is 512 g/mol. The normalized spacial score (nSPS) is 16.0. The number of aromatic amines is 1. The lowest BCUT2D eigenvalue weighted by Gasteiger charge is -2.40. The van der Waals surface area contributed by atoms with Gasteiger partial charge in [0, 0.05) is 25.0 Å². The fraction of sp³-hybridized carbons (Fsp3) is 0.417. The number of hydrogen-bond donors (Lipinski definition) is 3. The number of likely N-dealkylation sites (tertiary alicyclic amines) is 1. The van der Waals surface area contributed by atoms with Crippen LogP contribution < -0.4 is 10.9 Å². The highest BCUT2D eigenvalue weighted by molar-refractivity contribution is 7.92. The number of carbonyl (C=O) groups is 1. The quantitative estimate of drug-likeness (QED) is 0.468.